The zero-order valence-electron chi connectivity index (χ0n) is 10.8. The second kappa shape index (κ2) is 4.22. The highest BCUT2D eigenvalue weighted by molar-refractivity contribution is 6.09. The Kier molecular flexibility index (Phi) is 2.87. The van der Waals surface area contributed by atoms with E-state index >= 15 is 0 Å². The molecule has 18 heavy (non-hydrogen) atoms. The quantitative estimate of drug-likeness (QED) is 0.559. The minimum atomic E-state index is -0.0808. The minimum absolute atomic E-state index is 0.0808. The summed E-state index contributed by atoms with van der Waals surface area (Å²) in [6, 6.07) is 4.92. The standard InChI is InChI=1S/C14H17N3O/c1-7-8(2)13(17-9(7)3)14(18)10-4-11(15)6-12(16)5-10/h4-6,17H,15-16H2,1-3H3. The van der Waals surface area contributed by atoms with Gasteiger partial charge in [0, 0.05) is 22.6 Å². The van der Waals surface area contributed by atoms with Crippen molar-refractivity contribution in [3.8, 4) is 0 Å². The normalized spacial score (nSPS) is 10.6. The summed E-state index contributed by atoms with van der Waals surface area (Å²) in [7, 11) is 0. The third kappa shape index (κ3) is 1.97. The third-order valence-electron chi connectivity index (χ3n) is 3.28. The van der Waals surface area contributed by atoms with Gasteiger partial charge in [0.25, 0.3) is 0 Å². The molecule has 1 heterocycles. The summed E-state index contributed by atoms with van der Waals surface area (Å²) >= 11 is 0. The van der Waals surface area contributed by atoms with Gasteiger partial charge in [-0.15, -0.1) is 0 Å². The second-order valence-corrected chi connectivity index (χ2v) is 4.59. The lowest BCUT2D eigenvalue weighted by atomic mass is 10.0. The molecule has 0 atom stereocenters. The van der Waals surface area contributed by atoms with Gasteiger partial charge in [0.05, 0.1) is 5.69 Å². The Bertz CT molecular complexity index is 606. The number of aromatic nitrogens is 1. The molecular weight excluding hydrogens is 226 g/mol. The summed E-state index contributed by atoms with van der Waals surface area (Å²) in [5, 5.41) is 0. The first kappa shape index (κ1) is 12.2. The number of hydrogen-bond donors (Lipinski definition) is 3. The Labute approximate surface area is 106 Å². The van der Waals surface area contributed by atoms with Crippen LogP contribution in [0.5, 0.6) is 0 Å². The van der Waals surface area contributed by atoms with E-state index in [4.69, 9.17) is 11.5 Å². The van der Waals surface area contributed by atoms with Crippen molar-refractivity contribution in [1.82, 2.24) is 4.98 Å². The summed E-state index contributed by atoms with van der Waals surface area (Å²) in [6.07, 6.45) is 0. The fourth-order valence-electron chi connectivity index (χ4n) is 2.02. The van der Waals surface area contributed by atoms with E-state index in [0.29, 0.717) is 22.6 Å². The van der Waals surface area contributed by atoms with E-state index in [1.807, 2.05) is 20.8 Å². The van der Waals surface area contributed by atoms with Crippen molar-refractivity contribution in [2.24, 2.45) is 0 Å². The van der Waals surface area contributed by atoms with E-state index in [1.54, 1.807) is 18.2 Å². The molecule has 0 unspecified atom stereocenters. The molecular formula is C14H17N3O. The molecule has 5 N–H and O–H groups in total. The maximum Gasteiger partial charge on any atom is 0.209 e. The third-order valence-corrected chi connectivity index (χ3v) is 3.28. The number of rotatable bonds is 2. The monoisotopic (exact) mass is 243 g/mol. The van der Waals surface area contributed by atoms with Crippen molar-refractivity contribution >= 4 is 17.2 Å². The van der Waals surface area contributed by atoms with Crippen molar-refractivity contribution in [2.45, 2.75) is 20.8 Å². The molecule has 0 aliphatic heterocycles. The Hall–Kier alpha value is -2.23. The number of anilines is 2. The first-order valence-corrected chi connectivity index (χ1v) is 5.76. The van der Waals surface area contributed by atoms with E-state index in [2.05, 4.69) is 4.98 Å². The second-order valence-electron chi connectivity index (χ2n) is 4.59. The number of ketones is 1. The molecule has 1 aromatic carbocycles. The van der Waals surface area contributed by atoms with E-state index in [0.717, 1.165) is 16.8 Å². The lowest BCUT2D eigenvalue weighted by molar-refractivity contribution is 0.103. The van der Waals surface area contributed by atoms with Crippen LogP contribution in [0.2, 0.25) is 0 Å². The molecule has 0 saturated heterocycles. The van der Waals surface area contributed by atoms with Crippen molar-refractivity contribution in [3.05, 3.63) is 46.3 Å². The van der Waals surface area contributed by atoms with Crippen molar-refractivity contribution < 1.29 is 4.79 Å². The molecule has 0 amide bonds. The van der Waals surface area contributed by atoms with Crippen LogP contribution in [-0.2, 0) is 0 Å². The predicted molar refractivity (Wildman–Crippen MR) is 73.7 cm³/mol. The molecule has 4 nitrogen and oxygen atoms in total. The van der Waals surface area contributed by atoms with Crippen LogP contribution in [0, 0.1) is 20.8 Å². The van der Waals surface area contributed by atoms with Crippen molar-refractivity contribution in [3.63, 3.8) is 0 Å². The van der Waals surface area contributed by atoms with Gasteiger partial charge in [-0.1, -0.05) is 0 Å². The number of nitrogens with two attached hydrogens (primary N) is 2. The van der Waals surface area contributed by atoms with Gasteiger partial charge in [-0.05, 0) is 50.1 Å². The number of carbonyl (C=O) groups is 1. The number of carbonyl (C=O) groups excluding carboxylic acids is 1. The van der Waals surface area contributed by atoms with E-state index in [1.165, 1.54) is 0 Å². The number of benzene rings is 1. The van der Waals surface area contributed by atoms with Crippen LogP contribution in [0.3, 0.4) is 0 Å². The average molecular weight is 243 g/mol. The van der Waals surface area contributed by atoms with Crippen LogP contribution in [0.1, 0.15) is 32.9 Å². The van der Waals surface area contributed by atoms with Gasteiger partial charge in [-0.2, -0.15) is 0 Å². The smallest absolute Gasteiger partial charge is 0.209 e. The maximum atomic E-state index is 12.4. The lowest BCUT2D eigenvalue weighted by Gasteiger charge is -2.04. The summed E-state index contributed by atoms with van der Waals surface area (Å²) in [5.41, 5.74) is 16.6. The number of hydrogen-bond acceptors (Lipinski definition) is 3. The molecule has 0 fully saturated rings. The molecule has 0 bridgehead atoms. The minimum Gasteiger partial charge on any atom is -0.399 e. The fourth-order valence-corrected chi connectivity index (χ4v) is 2.02. The van der Waals surface area contributed by atoms with Gasteiger partial charge in [0.15, 0.2) is 0 Å². The first-order valence-electron chi connectivity index (χ1n) is 5.76. The van der Waals surface area contributed by atoms with Crippen molar-refractivity contribution in [2.75, 3.05) is 11.5 Å². The van der Waals surface area contributed by atoms with Gasteiger partial charge in [-0.25, -0.2) is 0 Å². The Morgan fingerprint density at radius 2 is 1.56 bits per heavy atom. The van der Waals surface area contributed by atoms with Crippen LogP contribution >= 0.6 is 0 Å². The average Bonchev–Trinajstić information content (AvgIpc) is 2.55. The zero-order valence-corrected chi connectivity index (χ0v) is 10.8. The molecule has 94 valence electrons. The van der Waals surface area contributed by atoms with Crippen LogP contribution in [-0.4, -0.2) is 10.8 Å². The van der Waals surface area contributed by atoms with Crippen LogP contribution in [0.4, 0.5) is 11.4 Å². The van der Waals surface area contributed by atoms with Gasteiger partial charge in [0.2, 0.25) is 5.78 Å². The highest BCUT2D eigenvalue weighted by Crippen LogP contribution is 2.22. The lowest BCUT2D eigenvalue weighted by Crippen LogP contribution is -2.05. The SMILES string of the molecule is Cc1[nH]c(C(=O)c2cc(N)cc(N)c2)c(C)c1C. The molecule has 2 rings (SSSR count). The highest BCUT2D eigenvalue weighted by atomic mass is 16.1. The zero-order chi connectivity index (χ0) is 13.4. The molecule has 0 spiro atoms. The number of H-pyrrole nitrogens is 1. The molecule has 2 aromatic rings. The summed E-state index contributed by atoms with van der Waals surface area (Å²) in [6.45, 7) is 5.88. The summed E-state index contributed by atoms with van der Waals surface area (Å²) in [5.74, 6) is -0.0808. The number of nitrogens with one attached hydrogen (secondary N) is 1. The molecule has 0 aliphatic carbocycles. The first-order chi connectivity index (χ1) is 8.40. The van der Waals surface area contributed by atoms with Gasteiger partial charge < -0.3 is 16.5 Å². The van der Waals surface area contributed by atoms with Crippen LogP contribution in [0.25, 0.3) is 0 Å². The Morgan fingerprint density at radius 3 is 2.00 bits per heavy atom. The number of aryl methyl sites for hydroxylation is 1. The molecule has 0 aliphatic rings. The number of nitrogen functional groups attached to an aromatic ring is 2. The van der Waals surface area contributed by atoms with E-state index < -0.39 is 0 Å². The van der Waals surface area contributed by atoms with Crippen molar-refractivity contribution in [1.29, 1.82) is 0 Å². The van der Waals surface area contributed by atoms with Gasteiger partial charge in [-0.3, -0.25) is 4.79 Å². The van der Waals surface area contributed by atoms with E-state index in [9.17, 15) is 4.79 Å². The van der Waals surface area contributed by atoms with Gasteiger partial charge >= 0.3 is 0 Å². The molecule has 4 heteroatoms. The fraction of sp³-hybridized carbons (Fsp3) is 0.214. The van der Waals surface area contributed by atoms with Crippen LogP contribution < -0.4 is 11.5 Å². The summed E-state index contributed by atoms with van der Waals surface area (Å²) < 4.78 is 0. The van der Waals surface area contributed by atoms with Gasteiger partial charge in [0.1, 0.15) is 0 Å². The maximum absolute atomic E-state index is 12.4. The van der Waals surface area contributed by atoms with Crippen LogP contribution in [0.15, 0.2) is 18.2 Å². The molecule has 1 aromatic heterocycles. The highest BCUT2D eigenvalue weighted by Gasteiger charge is 2.17. The predicted octanol–water partition coefficient (Wildman–Crippen LogP) is 2.34. The van der Waals surface area contributed by atoms with E-state index in [-0.39, 0.29) is 5.78 Å². The Morgan fingerprint density at radius 1 is 1.00 bits per heavy atom. The largest absolute Gasteiger partial charge is 0.399 e. The topological polar surface area (TPSA) is 84.9 Å². The Balaban J connectivity index is 2.51. The summed E-state index contributed by atoms with van der Waals surface area (Å²) in [4.78, 5) is 15.5. The molecule has 0 saturated carbocycles. The molecule has 0 radical (unpaired) electrons. The number of aromatic amines is 1.